The molecule has 0 spiro atoms. The fourth-order valence-corrected chi connectivity index (χ4v) is 36.2. The average Bonchev–Trinajstić information content (AvgIpc) is 1.15. The van der Waals surface area contributed by atoms with Crippen molar-refractivity contribution in [2.24, 2.45) is 0 Å². The summed E-state index contributed by atoms with van der Waals surface area (Å²) in [5.41, 5.74) is 10.9. The fraction of sp³-hybridized carbons (Fsp3) is 0. The Morgan fingerprint density at radius 2 is 0.440 bits per heavy atom. The van der Waals surface area contributed by atoms with Crippen molar-refractivity contribution in [2.45, 2.75) is 0 Å². The van der Waals surface area contributed by atoms with E-state index in [1.165, 1.54) is 56.7 Å². The monoisotopic (exact) mass is 1200 g/mol. The first kappa shape index (κ1) is 48.8. The Balaban J connectivity index is 1.07. The summed E-state index contributed by atoms with van der Waals surface area (Å²) in [6.07, 6.45) is 0. The van der Waals surface area contributed by atoms with Gasteiger partial charge in [0.05, 0.1) is 0 Å². The van der Waals surface area contributed by atoms with Crippen LogP contribution in [0.15, 0.2) is 322 Å². The van der Waals surface area contributed by atoms with E-state index in [-0.39, 0.29) is 0 Å². The molecule has 0 bridgehead atoms. The fourth-order valence-electron chi connectivity index (χ4n) is 14.8. The number of pyridine rings is 1. The van der Waals surface area contributed by atoms with E-state index >= 15 is 0 Å². The third-order valence-corrected chi connectivity index (χ3v) is 38.4. The van der Waals surface area contributed by atoms with Crippen LogP contribution in [0.3, 0.4) is 0 Å². The Labute approximate surface area is 493 Å². The summed E-state index contributed by atoms with van der Waals surface area (Å²) in [4.78, 5) is 11.7. The zero-order valence-corrected chi connectivity index (χ0v) is 50.0. The van der Waals surface area contributed by atoms with E-state index in [1.807, 2.05) is 0 Å². The number of para-hydroxylation sites is 8. The number of hydrogen-bond acceptors (Lipinski definition) is 3. The molecular weight excluding hydrogens is 1140 g/mol. The summed E-state index contributed by atoms with van der Waals surface area (Å²) in [7, 11) is 0. The van der Waals surface area contributed by atoms with Crippen molar-refractivity contribution >= 4 is 139 Å². The van der Waals surface area contributed by atoms with Gasteiger partial charge in [-0.2, -0.15) is 0 Å². The Kier molecular flexibility index (Phi) is 11.2. The Morgan fingerprint density at radius 1 is 0.214 bits per heavy atom. The molecule has 12 aromatic carbocycles. The van der Waals surface area contributed by atoms with Gasteiger partial charge in [-0.3, -0.25) is 0 Å². The molecule has 0 saturated heterocycles. The Hall–Kier alpha value is -9.92. The van der Waals surface area contributed by atoms with Crippen LogP contribution in [-0.4, -0.2) is 40.7 Å². The van der Waals surface area contributed by atoms with Gasteiger partial charge < -0.3 is 0 Å². The normalized spacial score (nSPS) is 13.9. The van der Waals surface area contributed by atoms with E-state index in [0.29, 0.717) is 0 Å². The first-order valence-corrected chi connectivity index (χ1v) is 37.4. The standard InChI is InChI=1S/C77H53Ge2N5/c1-5-29-54(30-6-1)78(55-31-7-2-8-32-55)62-41-17-25-49-70(62)81(71-50-26-18-42-63(71)78)74-53-75(82-72-51-27-19-43-64(72)79(56-33-9-3-10-34-56,57-35-11-4-12-36-57)65-44-20-28-52-73(65)82)77(84-68-47-23-15-39-60(68)61-40-16-24-48-69(61)84)80-76(74)83-66-45-21-13-37-58(66)59-38-14-22-46-67(59)83/h1-53H. The number of benzene rings is 12. The SMILES string of the molecule is c1cc[c]([Ge]2([c]3ccccc3)[c]3ccccc3N(c3cc(N4c5cccc[c]5[Ge]([c]5ccccc5)([c]5ccccc5)[c]5ccccc54)c(-n4c5ccccc5c5ccccc54)nc3-n3c4ccccc4c4ccccc43)c3cccc[c]32)cc1. The van der Waals surface area contributed by atoms with Gasteiger partial charge >= 0.3 is 497 Å². The molecule has 0 atom stereocenters. The number of fused-ring (bicyclic) bond motifs is 10. The van der Waals surface area contributed by atoms with E-state index in [2.05, 4.69) is 340 Å². The Morgan fingerprint density at radius 3 is 0.714 bits per heavy atom. The van der Waals surface area contributed by atoms with Crippen LogP contribution in [-0.2, 0) is 0 Å². The number of aromatic nitrogens is 3. The van der Waals surface area contributed by atoms with Crippen molar-refractivity contribution in [2.75, 3.05) is 9.80 Å². The van der Waals surface area contributed by atoms with Gasteiger partial charge in [0.1, 0.15) is 0 Å². The van der Waals surface area contributed by atoms with Crippen LogP contribution in [0.4, 0.5) is 34.1 Å². The second-order valence-electron chi connectivity index (χ2n) is 22.1. The molecule has 7 heteroatoms. The minimum atomic E-state index is -3.86. The molecule has 0 amide bonds. The predicted molar refractivity (Wildman–Crippen MR) is 357 cm³/mol. The van der Waals surface area contributed by atoms with Crippen molar-refractivity contribution < 1.29 is 0 Å². The van der Waals surface area contributed by atoms with Crippen LogP contribution < -0.4 is 45.0 Å². The predicted octanol–water partition coefficient (Wildman–Crippen LogP) is 13.6. The molecule has 15 aromatic rings. The molecular formula is C77H53Ge2N5. The summed E-state index contributed by atoms with van der Waals surface area (Å²) in [5.74, 6) is 1.66. The second-order valence-corrected chi connectivity index (χ2v) is 37.8. The molecule has 0 radical (unpaired) electrons. The zero-order chi connectivity index (χ0) is 55.3. The van der Waals surface area contributed by atoms with E-state index in [9.17, 15) is 0 Å². The van der Waals surface area contributed by atoms with Gasteiger partial charge in [0.25, 0.3) is 0 Å². The van der Waals surface area contributed by atoms with Gasteiger partial charge in [-0.15, -0.1) is 0 Å². The molecule has 17 rings (SSSR count). The van der Waals surface area contributed by atoms with Crippen molar-refractivity contribution in [3.63, 3.8) is 0 Å². The van der Waals surface area contributed by atoms with Crippen molar-refractivity contribution in [3.05, 3.63) is 322 Å². The Bertz CT molecular complexity index is 4460. The summed E-state index contributed by atoms with van der Waals surface area (Å²) in [5, 5.41) is 4.70. The van der Waals surface area contributed by atoms with Crippen LogP contribution in [0.5, 0.6) is 0 Å². The van der Waals surface area contributed by atoms with Crippen LogP contribution in [0.2, 0.25) is 0 Å². The van der Waals surface area contributed by atoms with Crippen molar-refractivity contribution in [1.29, 1.82) is 0 Å². The molecule has 2 aliphatic rings. The molecule has 0 N–H and O–H groups in total. The van der Waals surface area contributed by atoms with Crippen LogP contribution in [0, 0.1) is 0 Å². The molecule has 2 aliphatic heterocycles. The van der Waals surface area contributed by atoms with Crippen LogP contribution in [0.25, 0.3) is 55.2 Å². The van der Waals surface area contributed by atoms with E-state index in [1.54, 1.807) is 0 Å². The molecule has 0 unspecified atom stereocenters. The third kappa shape index (κ3) is 6.88. The topological polar surface area (TPSA) is 29.2 Å². The average molecular weight is 1190 g/mol. The third-order valence-electron chi connectivity index (χ3n) is 18.0. The minimum absolute atomic E-state index is 0.830. The molecule has 0 fully saturated rings. The summed E-state index contributed by atoms with van der Waals surface area (Å²) in [6.45, 7) is 0. The maximum atomic E-state index is 6.48. The summed E-state index contributed by atoms with van der Waals surface area (Å²) >= 11 is -7.72. The number of nitrogens with zero attached hydrogens (tertiary/aromatic N) is 5. The molecule has 0 aliphatic carbocycles. The van der Waals surface area contributed by atoms with E-state index in [4.69, 9.17) is 4.98 Å². The quantitative estimate of drug-likeness (QED) is 0.142. The molecule has 5 heterocycles. The van der Waals surface area contributed by atoms with E-state index < -0.39 is 26.5 Å². The summed E-state index contributed by atoms with van der Waals surface area (Å²) < 4.78 is 15.9. The first-order valence-electron chi connectivity index (χ1n) is 29.0. The zero-order valence-electron chi connectivity index (χ0n) is 45.8. The molecule has 3 aromatic heterocycles. The second kappa shape index (κ2) is 19.3. The number of hydrogen-bond donors (Lipinski definition) is 0. The van der Waals surface area contributed by atoms with Crippen LogP contribution >= 0.6 is 0 Å². The first-order chi connectivity index (χ1) is 41.7. The van der Waals surface area contributed by atoms with Gasteiger partial charge in [0.2, 0.25) is 0 Å². The summed E-state index contributed by atoms with van der Waals surface area (Å²) in [6, 6.07) is 121. The van der Waals surface area contributed by atoms with Crippen LogP contribution in [0.1, 0.15) is 0 Å². The van der Waals surface area contributed by atoms with Crippen molar-refractivity contribution in [3.8, 4) is 11.6 Å². The van der Waals surface area contributed by atoms with E-state index in [0.717, 1.165) is 67.8 Å². The van der Waals surface area contributed by atoms with Gasteiger partial charge in [0, 0.05) is 0 Å². The maximum absolute atomic E-state index is 6.48. The molecule has 5 nitrogen and oxygen atoms in total. The van der Waals surface area contributed by atoms with Gasteiger partial charge in [-0.1, -0.05) is 0 Å². The molecule has 0 saturated carbocycles. The van der Waals surface area contributed by atoms with Gasteiger partial charge in [0.15, 0.2) is 0 Å². The van der Waals surface area contributed by atoms with Crippen molar-refractivity contribution in [1.82, 2.24) is 14.1 Å². The van der Waals surface area contributed by atoms with Gasteiger partial charge in [-0.05, 0) is 0 Å². The molecule has 394 valence electrons. The number of anilines is 6. The number of rotatable bonds is 8. The molecule has 84 heavy (non-hydrogen) atoms. The van der Waals surface area contributed by atoms with Gasteiger partial charge in [-0.25, -0.2) is 0 Å².